The first-order chi connectivity index (χ1) is 28.3. The van der Waals surface area contributed by atoms with Crippen LogP contribution in [-0.4, -0.2) is 37.2 Å². The second-order valence-corrected chi connectivity index (χ2v) is 18.5. The Balaban J connectivity index is 4.26. The summed E-state index contributed by atoms with van der Waals surface area (Å²) in [6.07, 6.45) is 45.1. The van der Waals surface area contributed by atoms with Crippen LogP contribution < -0.4 is 0 Å². The Labute approximate surface area is 361 Å². The van der Waals surface area contributed by atoms with Crippen LogP contribution in [0.3, 0.4) is 0 Å². The molecule has 1 unspecified atom stereocenters. The Morgan fingerprint density at radius 3 is 0.983 bits per heavy atom. The summed E-state index contributed by atoms with van der Waals surface area (Å²) in [5, 5.41) is 0. The SMILES string of the molecule is CCCCCCCCCCCC(=O)OC[C@@H](COC(=O)CCCCCCCCCCCCC(C)C)OC(=O)CCCCCCCCCCCCCCCCC(C)CC. The molecule has 0 heterocycles. The minimum Gasteiger partial charge on any atom is -0.462 e. The molecule has 0 aliphatic heterocycles. The third-order valence-electron chi connectivity index (χ3n) is 12.1. The first kappa shape index (κ1) is 56.4. The maximum atomic E-state index is 12.8. The van der Waals surface area contributed by atoms with Crippen LogP contribution in [0.15, 0.2) is 0 Å². The Bertz CT molecular complexity index is 887. The van der Waals surface area contributed by atoms with Gasteiger partial charge in [-0.3, -0.25) is 14.4 Å². The van der Waals surface area contributed by atoms with Gasteiger partial charge in [0, 0.05) is 19.3 Å². The van der Waals surface area contributed by atoms with E-state index in [1.165, 1.54) is 173 Å². The van der Waals surface area contributed by atoms with Crippen LogP contribution in [-0.2, 0) is 28.6 Å². The zero-order valence-electron chi connectivity index (χ0n) is 39.7. The molecule has 0 fully saturated rings. The zero-order valence-corrected chi connectivity index (χ0v) is 39.7. The van der Waals surface area contributed by atoms with Crippen molar-refractivity contribution < 1.29 is 28.6 Å². The van der Waals surface area contributed by atoms with Crippen LogP contribution in [0.1, 0.15) is 285 Å². The van der Waals surface area contributed by atoms with Crippen LogP contribution in [0.4, 0.5) is 0 Å². The van der Waals surface area contributed by atoms with E-state index in [4.69, 9.17) is 14.2 Å². The topological polar surface area (TPSA) is 78.9 Å². The molecule has 0 aliphatic rings. The van der Waals surface area contributed by atoms with Crippen LogP contribution in [0.5, 0.6) is 0 Å². The first-order valence-corrected chi connectivity index (χ1v) is 25.8. The van der Waals surface area contributed by atoms with Crippen molar-refractivity contribution in [2.75, 3.05) is 13.2 Å². The maximum Gasteiger partial charge on any atom is 0.306 e. The third-order valence-corrected chi connectivity index (χ3v) is 12.1. The predicted molar refractivity (Wildman–Crippen MR) is 247 cm³/mol. The smallest absolute Gasteiger partial charge is 0.306 e. The Morgan fingerprint density at radius 2 is 0.655 bits per heavy atom. The van der Waals surface area contributed by atoms with Gasteiger partial charge >= 0.3 is 17.9 Å². The molecule has 6 heteroatoms. The van der Waals surface area contributed by atoms with E-state index in [-0.39, 0.29) is 31.1 Å². The van der Waals surface area contributed by atoms with Crippen molar-refractivity contribution in [2.45, 2.75) is 291 Å². The zero-order chi connectivity index (χ0) is 42.6. The maximum absolute atomic E-state index is 12.8. The molecule has 6 nitrogen and oxygen atoms in total. The minimum absolute atomic E-state index is 0.0640. The monoisotopic (exact) mass is 821 g/mol. The fourth-order valence-electron chi connectivity index (χ4n) is 7.78. The van der Waals surface area contributed by atoms with Crippen LogP contribution in [0.2, 0.25) is 0 Å². The van der Waals surface area contributed by atoms with Gasteiger partial charge < -0.3 is 14.2 Å². The molecular formula is C52H100O6. The van der Waals surface area contributed by atoms with Gasteiger partial charge in [0.05, 0.1) is 0 Å². The number of hydrogen-bond acceptors (Lipinski definition) is 6. The van der Waals surface area contributed by atoms with Gasteiger partial charge in [0.2, 0.25) is 0 Å². The lowest BCUT2D eigenvalue weighted by atomic mass is 9.99. The molecule has 58 heavy (non-hydrogen) atoms. The molecule has 0 N–H and O–H groups in total. The molecule has 0 aromatic rings. The summed E-state index contributed by atoms with van der Waals surface area (Å²) in [5.74, 6) is 0.862. The van der Waals surface area contributed by atoms with Crippen molar-refractivity contribution in [2.24, 2.45) is 11.8 Å². The number of ether oxygens (including phenoxy) is 3. The first-order valence-electron chi connectivity index (χ1n) is 25.8. The lowest BCUT2D eigenvalue weighted by molar-refractivity contribution is -0.167. The fourth-order valence-corrected chi connectivity index (χ4v) is 7.78. The molecule has 0 radical (unpaired) electrons. The quantitative estimate of drug-likeness (QED) is 0.0346. The van der Waals surface area contributed by atoms with Crippen LogP contribution in [0.25, 0.3) is 0 Å². The van der Waals surface area contributed by atoms with Crippen molar-refractivity contribution in [3.05, 3.63) is 0 Å². The van der Waals surface area contributed by atoms with E-state index in [9.17, 15) is 14.4 Å². The number of carbonyl (C=O) groups is 3. The number of esters is 3. The van der Waals surface area contributed by atoms with Crippen molar-refractivity contribution in [3.8, 4) is 0 Å². The summed E-state index contributed by atoms with van der Waals surface area (Å²) in [4.78, 5) is 37.8. The highest BCUT2D eigenvalue weighted by molar-refractivity contribution is 5.71. The normalized spacial score (nSPS) is 12.5. The van der Waals surface area contributed by atoms with Crippen LogP contribution in [0, 0.1) is 11.8 Å². The molecule has 344 valence electrons. The number of unbranched alkanes of at least 4 members (excludes halogenated alkanes) is 30. The average molecular weight is 821 g/mol. The van der Waals surface area contributed by atoms with E-state index in [1.807, 2.05) is 0 Å². The summed E-state index contributed by atoms with van der Waals surface area (Å²) in [7, 11) is 0. The van der Waals surface area contributed by atoms with Crippen molar-refractivity contribution in [1.29, 1.82) is 0 Å². The summed E-state index contributed by atoms with van der Waals surface area (Å²) < 4.78 is 16.8. The van der Waals surface area contributed by atoms with E-state index in [0.29, 0.717) is 19.3 Å². The summed E-state index contributed by atoms with van der Waals surface area (Å²) >= 11 is 0. The van der Waals surface area contributed by atoms with Gasteiger partial charge in [-0.15, -0.1) is 0 Å². The summed E-state index contributed by atoms with van der Waals surface area (Å²) in [6.45, 7) is 11.4. The minimum atomic E-state index is -0.761. The van der Waals surface area contributed by atoms with Gasteiger partial charge in [-0.2, -0.15) is 0 Å². The highest BCUT2D eigenvalue weighted by Crippen LogP contribution is 2.18. The van der Waals surface area contributed by atoms with Gasteiger partial charge in [-0.1, -0.05) is 247 Å². The van der Waals surface area contributed by atoms with E-state index in [0.717, 1.165) is 69.6 Å². The molecule has 0 bridgehead atoms. The van der Waals surface area contributed by atoms with Crippen molar-refractivity contribution >= 4 is 17.9 Å². The van der Waals surface area contributed by atoms with Gasteiger partial charge in [0.15, 0.2) is 6.10 Å². The summed E-state index contributed by atoms with van der Waals surface area (Å²) in [5.41, 5.74) is 0. The molecule has 0 amide bonds. The summed E-state index contributed by atoms with van der Waals surface area (Å²) in [6, 6.07) is 0. The molecule has 0 aromatic carbocycles. The predicted octanol–water partition coefficient (Wildman–Crippen LogP) is 16.5. The Hall–Kier alpha value is -1.59. The number of hydrogen-bond donors (Lipinski definition) is 0. The highest BCUT2D eigenvalue weighted by Gasteiger charge is 2.19. The third kappa shape index (κ3) is 44.0. The molecule has 2 atom stereocenters. The second kappa shape index (κ2) is 44.9. The van der Waals surface area contributed by atoms with E-state index >= 15 is 0 Å². The number of rotatable bonds is 46. The highest BCUT2D eigenvalue weighted by atomic mass is 16.6. The standard InChI is InChI=1S/C52H100O6/c1-6-8-9-10-11-20-27-32-37-42-50(53)56-45-49(46-57-51(54)43-38-33-28-23-19-18-21-25-30-35-40-47(3)4)58-52(55)44-39-34-29-24-17-15-13-12-14-16-22-26-31-36-41-48(5)7-2/h47-49H,6-46H2,1-5H3/t48?,49-/m0/s1. The van der Waals surface area contributed by atoms with Crippen molar-refractivity contribution in [3.63, 3.8) is 0 Å². The average Bonchev–Trinajstić information content (AvgIpc) is 3.21. The molecule has 0 aromatic heterocycles. The molecule has 0 saturated carbocycles. The Kier molecular flexibility index (Phi) is 43.7. The second-order valence-electron chi connectivity index (χ2n) is 18.5. The van der Waals surface area contributed by atoms with E-state index < -0.39 is 6.10 Å². The van der Waals surface area contributed by atoms with Crippen LogP contribution >= 0.6 is 0 Å². The van der Waals surface area contributed by atoms with Gasteiger partial charge in [-0.25, -0.2) is 0 Å². The Morgan fingerprint density at radius 1 is 0.362 bits per heavy atom. The lowest BCUT2D eigenvalue weighted by Gasteiger charge is -2.18. The lowest BCUT2D eigenvalue weighted by Crippen LogP contribution is -2.30. The van der Waals surface area contributed by atoms with E-state index in [1.54, 1.807) is 0 Å². The van der Waals surface area contributed by atoms with Gasteiger partial charge in [-0.05, 0) is 31.1 Å². The van der Waals surface area contributed by atoms with E-state index in [2.05, 4.69) is 34.6 Å². The number of carbonyl (C=O) groups excluding carboxylic acids is 3. The molecule has 0 rings (SSSR count). The fraction of sp³-hybridized carbons (Fsp3) is 0.942. The van der Waals surface area contributed by atoms with Crippen molar-refractivity contribution in [1.82, 2.24) is 0 Å². The van der Waals surface area contributed by atoms with Gasteiger partial charge in [0.1, 0.15) is 13.2 Å². The largest absolute Gasteiger partial charge is 0.462 e. The molecule has 0 saturated heterocycles. The molecule has 0 spiro atoms. The molecule has 0 aliphatic carbocycles. The van der Waals surface area contributed by atoms with Gasteiger partial charge in [0.25, 0.3) is 0 Å². The molecular weight excluding hydrogens is 721 g/mol.